The highest BCUT2D eigenvalue weighted by molar-refractivity contribution is 5.23. The predicted octanol–water partition coefficient (Wildman–Crippen LogP) is 4.33. The molecule has 1 aliphatic rings. The van der Waals surface area contributed by atoms with Crippen LogP contribution in [0.15, 0.2) is 60.7 Å². The van der Waals surface area contributed by atoms with Gasteiger partial charge in [0.05, 0.1) is 6.10 Å². The van der Waals surface area contributed by atoms with Crippen LogP contribution >= 0.6 is 0 Å². The lowest BCUT2D eigenvalue weighted by Gasteiger charge is -2.25. The molecule has 1 fully saturated rings. The van der Waals surface area contributed by atoms with Gasteiger partial charge in [-0.3, -0.25) is 4.90 Å². The van der Waals surface area contributed by atoms with Gasteiger partial charge >= 0.3 is 0 Å². The maximum absolute atomic E-state index is 5.95. The minimum Gasteiger partial charge on any atom is -0.378 e. The number of rotatable bonds is 6. The van der Waals surface area contributed by atoms with E-state index in [4.69, 9.17) is 4.74 Å². The second-order valence-electron chi connectivity index (χ2n) is 6.52. The van der Waals surface area contributed by atoms with Gasteiger partial charge in [0.1, 0.15) is 0 Å². The lowest BCUT2D eigenvalue weighted by Crippen LogP contribution is -2.27. The highest BCUT2D eigenvalue weighted by Gasteiger charge is 2.37. The first kappa shape index (κ1) is 16.2. The molecular weight excluding hydrogens is 282 g/mol. The summed E-state index contributed by atoms with van der Waals surface area (Å²) in [4.78, 5) is 2.58. The molecule has 3 atom stereocenters. The molecule has 0 saturated carbocycles. The second-order valence-corrected chi connectivity index (χ2v) is 6.52. The molecule has 0 spiro atoms. The van der Waals surface area contributed by atoms with Crippen LogP contribution in [0.3, 0.4) is 0 Å². The van der Waals surface area contributed by atoms with E-state index in [0.29, 0.717) is 17.9 Å². The molecule has 1 saturated heterocycles. The highest BCUT2D eigenvalue weighted by Crippen LogP contribution is 2.36. The summed E-state index contributed by atoms with van der Waals surface area (Å²) in [7, 11) is 0. The van der Waals surface area contributed by atoms with Crippen molar-refractivity contribution < 1.29 is 4.74 Å². The number of likely N-dealkylation sites (tertiary alicyclic amines) is 1. The van der Waals surface area contributed by atoms with Crippen LogP contribution in [0.5, 0.6) is 0 Å². The van der Waals surface area contributed by atoms with Gasteiger partial charge in [-0.15, -0.1) is 0 Å². The Morgan fingerprint density at radius 1 is 1.00 bits per heavy atom. The van der Waals surface area contributed by atoms with Gasteiger partial charge in [-0.2, -0.15) is 0 Å². The molecule has 0 radical (unpaired) electrons. The van der Waals surface area contributed by atoms with Crippen LogP contribution < -0.4 is 0 Å². The topological polar surface area (TPSA) is 12.5 Å². The molecule has 0 amide bonds. The number of hydrogen-bond donors (Lipinski definition) is 0. The van der Waals surface area contributed by atoms with Crippen molar-refractivity contribution >= 4 is 0 Å². The molecule has 1 heterocycles. The molecule has 2 aromatic carbocycles. The van der Waals surface area contributed by atoms with Crippen molar-refractivity contribution in [3.8, 4) is 0 Å². The molecular formula is C21H27NO. The SMILES string of the molecule is CCO[C@H](C)[C@@H]1CN(Cc2ccccc2)C[C@H]1c1ccccc1. The zero-order valence-electron chi connectivity index (χ0n) is 14.2. The molecule has 0 N–H and O–H groups in total. The number of hydrogen-bond acceptors (Lipinski definition) is 2. The Hall–Kier alpha value is -1.64. The van der Waals surface area contributed by atoms with Gasteiger partial charge in [-0.05, 0) is 25.0 Å². The fourth-order valence-corrected chi connectivity index (χ4v) is 3.80. The summed E-state index contributed by atoms with van der Waals surface area (Å²) in [6.07, 6.45) is 0.297. The van der Waals surface area contributed by atoms with E-state index in [1.165, 1.54) is 11.1 Å². The largest absolute Gasteiger partial charge is 0.378 e. The van der Waals surface area contributed by atoms with Crippen LogP contribution in [-0.4, -0.2) is 30.7 Å². The summed E-state index contributed by atoms with van der Waals surface area (Å²) in [5, 5.41) is 0. The van der Waals surface area contributed by atoms with Crippen molar-refractivity contribution in [3.05, 3.63) is 71.8 Å². The smallest absolute Gasteiger partial charge is 0.0593 e. The Morgan fingerprint density at radius 3 is 2.30 bits per heavy atom. The fraction of sp³-hybridized carbons (Fsp3) is 0.429. The van der Waals surface area contributed by atoms with Gasteiger partial charge in [-0.1, -0.05) is 60.7 Å². The molecule has 23 heavy (non-hydrogen) atoms. The summed E-state index contributed by atoms with van der Waals surface area (Å²) in [5.74, 6) is 1.11. The van der Waals surface area contributed by atoms with Crippen molar-refractivity contribution in [1.82, 2.24) is 4.90 Å². The molecule has 1 aliphatic heterocycles. The van der Waals surface area contributed by atoms with E-state index in [1.54, 1.807) is 0 Å². The van der Waals surface area contributed by atoms with Gasteiger partial charge in [0.2, 0.25) is 0 Å². The van der Waals surface area contributed by atoms with Crippen molar-refractivity contribution in [2.24, 2.45) is 5.92 Å². The van der Waals surface area contributed by atoms with E-state index in [9.17, 15) is 0 Å². The summed E-state index contributed by atoms with van der Waals surface area (Å²) in [5.41, 5.74) is 2.84. The van der Waals surface area contributed by atoms with E-state index in [2.05, 4.69) is 79.4 Å². The lowest BCUT2D eigenvalue weighted by atomic mass is 9.86. The molecule has 2 heteroatoms. The molecule has 3 rings (SSSR count). The average Bonchev–Trinajstić information content (AvgIpc) is 3.01. The Bertz CT molecular complexity index is 583. The maximum atomic E-state index is 5.95. The number of nitrogens with zero attached hydrogens (tertiary/aromatic N) is 1. The quantitative estimate of drug-likeness (QED) is 0.787. The predicted molar refractivity (Wildman–Crippen MR) is 95.5 cm³/mol. The fourth-order valence-electron chi connectivity index (χ4n) is 3.80. The van der Waals surface area contributed by atoms with Crippen LogP contribution in [0.4, 0.5) is 0 Å². The average molecular weight is 309 g/mol. The Kier molecular flexibility index (Phi) is 5.47. The normalized spacial score (nSPS) is 23.0. The zero-order chi connectivity index (χ0) is 16.1. The molecule has 0 aliphatic carbocycles. The van der Waals surface area contributed by atoms with Gasteiger partial charge in [0.15, 0.2) is 0 Å². The monoisotopic (exact) mass is 309 g/mol. The molecule has 0 bridgehead atoms. The first-order chi connectivity index (χ1) is 11.3. The van der Waals surface area contributed by atoms with E-state index >= 15 is 0 Å². The number of benzene rings is 2. The van der Waals surface area contributed by atoms with Crippen LogP contribution in [-0.2, 0) is 11.3 Å². The molecule has 2 aromatic rings. The van der Waals surface area contributed by atoms with E-state index in [-0.39, 0.29) is 0 Å². The lowest BCUT2D eigenvalue weighted by molar-refractivity contribution is 0.0311. The van der Waals surface area contributed by atoms with Crippen LogP contribution in [0.25, 0.3) is 0 Å². The first-order valence-corrected chi connectivity index (χ1v) is 8.70. The van der Waals surface area contributed by atoms with Gasteiger partial charge in [-0.25, -0.2) is 0 Å². The molecule has 0 unspecified atom stereocenters. The molecule has 2 nitrogen and oxygen atoms in total. The maximum Gasteiger partial charge on any atom is 0.0593 e. The van der Waals surface area contributed by atoms with E-state index in [0.717, 1.165) is 26.2 Å². The Labute approximate surface area is 140 Å². The minimum atomic E-state index is 0.297. The third-order valence-corrected chi connectivity index (χ3v) is 4.95. The summed E-state index contributed by atoms with van der Waals surface area (Å²) in [6, 6.07) is 21.7. The molecule has 0 aromatic heterocycles. The van der Waals surface area contributed by atoms with Crippen molar-refractivity contribution in [1.29, 1.82) is 0 Å². The summed E-state index contributed by atoms with van der Waals surface area (Å²) in [6.45, 7) is 8.36. The van der Waals surface area contributed by atoms with E-state index in [1.807, 2.05) is 0 Å². The Balaban J connectivity index is 1.76. The van der Waals surface area contributed by atoms with Crippen LogP contribution in [0.2, 0.25) is 0 Å². The van der Waals surface area contributed by atoms with Gasteiger partial charge in [0, 0.05) is 38.1 Å². The summed E-state index contributed by atoms with van der Waals surface area (Å²) >= 11 is 0. The first-order valence-electron chi connectivity index (χ1n) is 8.70. The second kappa shape index (κ2) is 7.76. The van der Waals surface area contributed by atoms with E-state index < -0.39 is 0 Å². The van der Waals surface area contributed by atoms with Gasteiger partial charge in [0.25, 0.3) is 0 Å². The number of ether oxygens (including phenoxy) is 1. The van der Waals surface area contributed by atoms with Crippen molar-refractivity contribution in [2.45, 2.75) is 32.4 Å². The minimum absolute atomic E-state index is 0.297. The van der Waals surface area contributed by atoms with Crippen LogP contribution in [0.1, 0.15) is 30.9 Å². The van der Waals surface area contributed by atoms with Crippen LogP contribution in [0, 0.1) is 5.92 Å². The summed E-state index contributed by atoms with van der Waals surface area (Å²) < 4.78 is 5.95. The van der Waals surface area contributed by atoms with Crippen molar-refractivity contribution in [2.75, 3.05) is 19.7 Å². The molecule has 122 valence electrons. The zero-order valence-corrected chi connectivity index (χ0v) is 14.2. The highest BCUT2D eigenvalue weighted by atomic mass is 16.5. The Morgan fingerprint density at radius 2 is 1.65 bits per heavy atom. The van der Waals surface area contributed by atoms with Crippen molar-refractivity contribution in [3.63, 3.8) is 0 Å². The van der Waals surface area contributed by atoms with Gasteiger partial charge < -0.3 is 4.74 Å². The third kappa shape index (κ3) is 4.01. The third-order valence-electron chi connectivity index (χ3n) is 4.95. The standard InChI is InChI=1S/C21H27NO/c1-3-23-17(2)20-15-22(14-18-10-6-4-7-11-18)16-21(20)19-12-8-5-9-13-19/h4-13,17,20-21H,3,14-16H2,1-2H3/t17-,20+,21+/m1/s1.